The summed E-state index contributed by atoms with van der Waals surface area (Å²) in [5.41, 5.74) is 1.25. The predicted molar refractivity (Wildman–Crippen MR) is 73.4 cm³/mol. The van der Waals surface area contributed by atoms with E-state index in [0.29, 0.717) is 6.54 Å². The van der Waals surface area contributed by atoms with E-state index in [1.165, 1.54) is 5.56 Å². The number of amides is 1. The molecule has 0 bridgehead atoms. The van der Waals surface area contributed by atoms with Crippen LogP contribution < -0.4 is 5.32 Å². The fraction of sp³-hybridized carbons (Fsp3) is 0.571. The van der Waals surface area contributed by atoms with Crippen LogP contribution in [0.25, 0.3) is 0 Å². The monoisotopic (exact) mass is 249 g/mol. The molecule has 0 spiro atoms. The SMILES string of the molecule is CCCCNC(=O)CN(C)CCc1ccncc1. The molecule has 0 unspecified atom stereocenters. The fourth-order valence-electron chi connectivity index (χ4n) is 1.65. The van der Waals surface area contributed by atoms with Gasteiger partial charge in [0.2, 0.25) is 5.91 Å². The molecule has 1 aromatic heterocycles. The second-order valence-electron chi connectivity index (χ2n) is 4.55. The molecule has 0 radical (unpaired) electrons. The summed E-state index contributed by atoms with van der Waals surface area (Å²) in [6.45, 7) is 4.25. The Hall–Kier alpha value is -1.42. The van der Waals surface area contributed by atoms with Gasteiger partial charge in [-0.25, -0.2) is 0 Å². The predicted octanol–water partition coefficient (Wildman–Crippen LogP) is 1.47. The largest absolute Gasteiger partial charge is 0.355 e. The molecule has 0 atom stereocenters. The van der Waals surface area contributed by atoms with Crippen LogP contribution in [-0.4, -0.2) is 42.5 Å². The molecular weight excluding hydrogens is 226 g/mol. The Kier molecular flexibility index (Phi) is 7.03. The third-order valence-corrected chi connectivity index (χ3v) is 2.80. The Morgan fingerprint density at radius 2 is 2.11 bits per heavy atom. The lowest BCUT2D eigenvalue weighted by Crippen LogP contribution is -2.36. The van der Waals surface area contributed by atoms with E-state index in [-0.39, 0.29) is 5.91 Å². The first-order chi connectivity index (χ1) is 8.72. The van der Waals surface area contributed by atoms with Gasteiger partial charge in [0.25, 0.3) is 0 Å². The lowest BCUT2D eigenvalue weighted by molar-refractivity contribution is -0.121. The van der Waals surface area contributed by atoms with Gasteiger partial charge < -0.3 is 5.32 Å². The molecule has 4 nitrogen and oxygen atoms in total. The van der Waals surface area contributed by atoms with Crippen LogP contribution in [0.4, 0.5) is 0 Å². The molecule has 1 aromatic rings. The molecule has 0 aliphatic carbocycles. The van der Waals surface area contributed by atoms with Crippen LogP contribution in [-0.2, 0) is 11.2 Å². The minimum Gasteiger partial charge on any atom is -0.355 e. The van der Waals surface area contributed by atoms with Gasteiger partial charge in [-0.05, 0) is 37.6 Å². The van der Waals surface area contributed by atoms with E-state index in [4.69, 9.17) is 0 Å². The summed E-state index contributed by atoms with van der Waals surface area (Å²) < 4.78 is 0. The van der Waals surface area contributed by atoms with Crippen LogP contribution in [0, 0.1) is 0 Å². The van der Waals surface area contributed by atoms with Crippen molar-refractivity contribution in [2.75, 3.05) is 26.7 Å². The van der Waals surface area contributed by atoms with Gasteiger partial charge in [0, 0.05) is 25.5 Å². The molecule has 1 N–H and O–H groups in total. The number of hydrogen-bond donors (Lipinski definition) is 1. The molecule has 4 heteroatoms. The maximum atomic E-state index is 11.6. The number of aromatic nitrogens is 1. The number of unbranched alkanes of at least 4 members (excludes halogenated alkanes) is 1. The second kappa shape index (κ2) is 8.64. The lowest BCUT2D eigenvalue weighted by atomic mass is 10.2. The average Bonchev–Trinajstić information content (AvgIpc) is 2.38. The Bertz CT molecular complexity index is 340. The van der Waals surface area contributed by atoms with Gasteiger partial charge in [-0.2, -0.15) is 0 Å². The normalized spacial score (nSPS) is 10.6. The number of pyridine rings is 1. The van der Waals surface area contributed by atoms with Crippen molar-refractivity contribution in [1.29, 1.82) is 0 Å². The highest BCUT2D eigenvalue weighted by atomic mass is 16.2. The van der Waals surface area contributed by atoms with E-state index in [0.717, 1.165) is 32.4 Å². The Balaban J connectivity index is 2.17. The molecule has 1 rings (SSSR count). The number of rotatable bonds is 8. The van der Waals surface area contributed by atoms with Gasteiger partial charge in [-0.1, -0.05) is 13.3 Å². The average molecular weight is 249 g/mol. The fourth-order valence-corrected chi connectivity index (χ4v) is 1.65. The molecule has 0 aliphatic heterocycles. The molecule has 0 saturated heterocycles. The molecule has 0 saturated carbocycles. The minimum absolute atomic E-state index is 0.112. The van der Waals surface area contributed by atoms with Gasteiger partial charge in [-0.3, -0.25) is 14.7 Å². The van der Waals surface area contributed by atoms with E-state index < -0.39 is 0 Å². The quantitative estimate of drug-likeness (QED) is 0.710. The number of carbonyl (C=O) groups excluding carboxylic acids is 1. The summed E-state index contributed by atoms with van der Waals surface area (Å²) in [6, 6.07) is 4.02. The van der Waals surface area contributed by atoms with Crippen LogP contribution in [0.15, 0.2) is 24.5 Å². The number of likely N-dealkylation sites (N-methyl/N-ethyl adjacent to an activating group) is 1. The molecule has 0 aliphatic rings. The molecular formula is C14H23N3O. The Morgan fingerprint density at radius 3 is 2.78 bits per heavy atom. The van der Waals surface area contributed by atoms with Crippen LogP contribution in [0.3, 0.4) is 0 Å². The van der Waals surface area contributed by atoms with Crippen molar-refractivity contribution in [1.82, 2.24) is 15.2 Å². The van der Waals surface area contributed by atoms with Crippen LogP contribution in [0.5, 0.6) is 0 Å². The summed E-state index contributed by atoms with van der Waals surface area (Å²) in [6.07, 6.45) is 6.70. The summed E-state index contributed by atoms with van der Waals surface area (Å²) in [7, 11) is 1.97. The number of hydrogen-bond acceptors (Lipinski definition) is 3. The lowest BCUT2D eigenvalue weighted by Gasteiger charge is -2.16. The van der Waals surface area contributed by atoms with Crippen molar-refractivity contribution in [3.05, 3.63) is 30.1 Å². The highest BCUT2D eigenvalue weighted by Gasteiger charge is 2.05. The van der Waals surface area contributed by atoms with Crippen molar-refractivity contribution >= 4 is 5.91 Å². The molecule has 1 heterocycles. The molecule has 0 fully saturated rings. The highest BCUT2D eigenvalue weighted by Crippen LogP contribution is 1.98. The Morgan fingerprint density at radius 1 is 1.39 bits per heavy atom. The van der Waals surface area contributed by atoms with Gasteiger partial charge in [-0.15, -0.1) is 0 Å². The first-order valence-electron chi connectivity index (χ1n) is 6.56. The number of nitrogens with one attached hydrogen (secondary N) is 1. The van der Waals surface area contributed by atoms with Crippen molar-refractivity contribution in [2.24, 2.45) is 0 Å². The zero-order chi connectivity index (χ0) is 13.2. The standard InChI is InChI=1S/C14H23N3O/c1-3-4-8-16-14(18)12-17(2)11-7-13-5-9-15-10-6-13/h5-6,9-10H,3-4,7-8,11-12H2,1-2H3,(H,16,18). The first kappa shape index (κ1) is 14.6. The summed E-state index contributed by atoms with van der Waals surface area (Å²) in [4.78, 5) is 17.6. The van der Waals surface area contributed by atoms with E-state index in [1.807, 2.05) is 24.1 Å². The second-order valence-corrected chi connectivity index (χ2v) is 4.55. The summed E-state index contributed by atoms with van der Waals surface area (Å²) in [5.74, 6) is 0.112. The zero-order valence-corrected chi connectivity index (χ0v) is 11.4. The minimum atomic E-state index is 0.112. The topological polar surface area (TPSA) is 45.2 Å². The van der Waals surface area contributed by atoms with Crippen molar-refractivity contribution in [3.8, 4) is 0 Å². The van der Waals surface area contributed by atoms with Crippen LogP contribution >= 0.6 is 0 Å². The number of carbonyl (C=O) groups is 1. The third-order valence-electron chi connectivity index (χ3n) is 2.80. The summed E-state index contributed by atoms with van der Waals surface area (Å²) >= 11 is 0. The van der Waals surface area contributed by atoms with Gasteiger partial charge in [0.05, 0.1) is 6.54 Å². The van der Waals surface area contributed by atoms with Gasteiger partial charge in [0.15, 0.2) is 0 Å². The van der Waals surface area contributed by atoms with Gasteiger partial charge >= 0.3 is 0 Å². The molecule has 1 amide bonds. The van der Waals surface area contributed by atoms with Crippen molar-refractivity contribution < 1.29 is 4.79 Å². The van der Waals surface area contributed by atoms with Crippen molar-refractivity contribution in [2.45, 2.75) is 26.2 Å². The van der Waals surface area contributed by atoms with Crippen LogP contribution in [0.1, 0.15) is 25.3 Å². The maximum absolute atomic E-state index is 11.6. The number of nitrogens with zero attached hydrogens (tertiary/aromatic N) is 2. The zero-order valence-electron chi connectivity index (χ0n) is 11.4. The van der Waals surface area contributed by atoms with E-state index in [9.17, 15) is 4.79 Å². The van der Waals surface area contributed by atoms with Gasteiger partial charge in [0.1, 0.15) is 0 Å². The van der Waals surface area contributed by atoms with Crippen molar-refractivity contribution in [3.63, 3.8) is 0 Å². The molecule has 100 valence electrons. The van der Waals surface area contributed by atoms with Crippen LogP contribution in [0.2, 0.25) is 0 Å². The van der Waals surface area contributed by atoms with E-state index in [1.54, 1.807) is 12.4 Å². The summed E-state index contributed by atoms with van der Waals surface area (Å²) in [5, 5.41) is 2.92. The molecule has 18 heavy (non-hydrogen) atoms. The maximum Gasteiger partial charge on any atom is 0.234 e. The smallest absolute Gasteiger partial charge is 0.234 e. The molecule has 0 aromatic carbocycles. The first-order valence-corrected chi connectivity index (χ1v) is 6.56. The third kappa shape index (κ3) is 6.35. The Labute approximate surface area is 109 Å². The van der Waals surface area contributed by atoms with E-state index in [2.05, 4.69) is 17.2 Å². The van der Waals surface area contributed by atoms with E-state index >= 15 is 0 Å². The highest BCUT2D eigenvalue weighted by molar-refractivity contribution is 5.77.